The van der Waals surface area contributed by atoms with E-state index in [0.29, 0.717) is 25.5 Å². The predicted molar refractivity (Wildman–Crippen MR) is 131 cm³/mol. The fourth-order valence-electron chi connectivity index (χ4n) is 4.08. The largest absolute Gasteiger partial charge is 0.508 e. The molecule has 2 aliphatic heterocycles. The summed E-state index contributed by atoms with van der Waals surface area (Å²) in [5.41, 5.74) is 6.86. The van der Waals surface area contributed by atoms with Crippen molar-refractivity contribution in [2.45, 2.75) is 64.3 Å². The zero-order valence-electron chi connectivity index (χ0n) is 21.3. The minimum Gasteiger partial charge on any atom is -0.481 e. The van der Waals surface area contributed by atoms with Gasteiger partial charge in [-0.1, -0.05) is 13.8 Å². The third kappa shape index (κ3) is 9.16. The molecule has 14 nitrogen and oxygen atoms in total. The number of hydrogen-bond donors (Lipinski definition) is 3. The van der Waals surface area contributed by atoms with Crippen LogP contribution in [0.4, 0.5) is 10.6 Å². The van der Waals surface area contributed by atoms with Crippen LogP contribution in [0.3, 0.4) is 0 Å². The van der Waals surface area contributed by atoms with Gasteiger partial charge in [0.1, 0.15) is 30.7 Å². The number of carbonyl (C=O) groups is 3. The van der Waals surface area contributed by atoms with E-state index in [0.717, 1.165) is 24.1 Å². The number of rotatable bonds is 8. The average molecular weight is 536 g/mol. The third-order valence-electron chi connectivity index (χ3n) is 5.75. The highest BCUT2D eigenvalue weighted by Gasteiger charge is 2.30. The van der Waals surface area contributed by atoms with E-state index < -0.39 is 23.5 Å². The van der Waals surface area contributed by atoms with Crippen LogP contribution in [0.5, 0.6) is 0 Å². The molecule has 38 heavy (non-hydrogen) atoms. The number of carbonyl (C=O) groups excluding carboxylic acids is 1. The fourth-order valence-corrected chi connectivity index (χ4v) is 4.08. The molecule has 0 spiro atoms. The highest BCUT2D eigenvalue weighted by Crippen LogP contribution is 2.34. The lowest BCUT2D eigenvalue weighted by molar-refractivity contribution is -0.142. The van der Waals surface area contributed by atoms with Crippen LogP contribution < -0.4 is 5.73 Å². The molecule has 4 rings (SSSR count). The summed E-state index contributed by atoms with van der Waals surface area (Å²) < 4.78 is 23.2. The second-order valence-electron chi connectivity index (χ2n) is 9.49. The van der Waals surface area contributed by atoms with Gasteiger partial charge in [-0.3, -0.25) is 9.59 Å². The normalized spacial score (nSPS) is 20.5. The van der Waals surface area contributed by atoms with Gasteiger partial charge in [0.2, 0.25) is 0 Å². The van der Waals surface area contributed by atoms with Crippen LogP contribution in [0, 0.1) is 17.2 Å². The van der Waals surface area contributed by atoms with Crippen molar-refractivity contribution < 1.29 is 43.5 Å². The van der Waals surface area contributed by atoms with Gasteiger partial charge in [0.25, 0.3) is 0 Å². The molecule has 0 bridgehead atoms. The van der Waals surface area contributed by atoms with E-state index in [4.69, 9.17) is 40.2 Å². The van der Waals surface area contributed by atoms with Crippen LogP contribution in [-0.4, -0.2) is 74.9 Å². The van der Waals surface area contributed by atoms with Gasteiger partial charge in [-0.25, -0.2) is 19.6 Å². The maximum Gasteiger partial charge on any atom is 0.508 e. The summed E-state index contributed by atoms with van der Waals surface area (Å²) in [4.78, 5) is 36.1. The first-order chi connectivity index (χ1) is 18.0. The van der Waals surface area contributed by atoms with E-state index in [2.05, 4.69) is 16.7 Å². The number of carboxylic acids is 2. The summed E-state index contributed by atoms with van der Waals surface area (Å²) in [6.45, 7) is 7.96. The lowest BCUT2D eigenvalue weighted by Gasteiger charge is -2.18. The third-order valence-corrected chi connectivity index (χ3v) is 5.75. The first-order valence-electron chi connectivity index (χ1n) is 11.9. The molecule has 0 amide bonds. The summed E-state index contributed by atoms with van der Waals surface area (Å²) >= 11 is 0. The topological polar surface area (TPSA) is 209 Å². The van der Waals surface area contributed by atoms with Gasteiger partial charge >= 0.3 is 18.1 Å². The molecule has 208 valence electrons. The smallest absolute Gasteiger partial charge is 0.481 e. The van der Waals surface area contributed by atoms with Crippen molar-refractivity contribution in [1.82, 2.24) is 14.6 Å². The monoisotopic (exact) mass is 535 g/mol. The minimum atomic E-state index is -0.962. The Kier molecular flexibility index (Phi) is 11.2. The number of anilines is 1. The predicted octanol–water partition coefficient (Wildman–Crippen LogP) is 2.58. The van der Waals surface area contributed by atoms with Crippen LogP contribution in [0.25, 0.3) is 5.52 Å². The molecule has 3 unspecified atom stereocenters. The second-order valence-corrected chi connectivity index (χ2v) is 9.49. The summed E-state index contributed by atoms with van der Waals surface area (Å²) in [7, 11) is 0. The first-order valence-corrected chi connectivity index (χ1v) is 11.9. The highest BCUT2D eigenvalue weighted by atomic mass is 16.7. The van der Waals surface area contributed by atoms with Gasteiger partial charge < -0.3 is 34.9 Å². The van der Waals surface area contributed by atoms with Gasteiger partial charge in [0, 0.05) is 13.0 Å². The minimum absolute atomic E-state index is 0.112. The Morgan fingerprint density at radius 3 is 2.47 bits per heavy atom. The van der Waals surface area contributed by atoms with Crippen molar-refractivity contribution in [3.63, 3.8) is 0 Å². The number of aromatic nitrogens is 3. The Balaban J connectivity index is 0.000000332. The average Bonchev–Trinajstić information content (AvgIpc) is 3.59. The van der Waals surface area contributed by atoms with Gasteiger partial charge in [0.05, 0.1) is 37.9 Å². The molecule has 2 aromatic rings. The molecule has 0 radical (unpaired) electrons. The van der Waals surface area contributed by atoms with Gasteiger partial charge in [-0.2, -0.15) is 5.10 Å². The molecule has 0 aromatic carbocycles. The molecule has 2 fully saturated rings. The quantitative estimate of drug-likeness (QED) is 0.416. The molecular weight excluding hydrogens is 502 g/mol. The number of carboxylic acid groups (broad SMARTS) is 2. The van der Waals surface area contributed by atoms with Crippen LogP contribution in [0.15, 0.2) is 18.5 Å². The Bertz CT molecular complexity index is 1090. The Morgan fingerprint density at radius 2 is 1.87 bits per heavy atom. The van der Waals surface area contributed by atoms with Crippen molar-refractivity contribution in [1.29, 1.82) is 5.26 Å². The summed E-state index contributed by atoms with van der Waals surface area (Å²) in [6.07, 6.45) is 2.35. The molecule has 4 N–H and O–H groups in total. The van der Waals surface area contributed by atoms with E-state index in [-0.39, 0.29) is 37.8 Å². The molecule has 4 heterocycles. The van der Waals surface area contributed by atoms with Crippen molar-refractivity contribution in [2.75, 3.05) is 25.6 Å². The lowest BCUT2D eigenvalue weighted by Crippen LogP contribution is -2.23. The molecule has 14 heteroatoms. The Hall–Kier alpha value is -3.96. The van der Waals surface area contributed by atoms with Crippen molar-refractivity contribution in [3.05, 3.63) is 24.2 Å². The van der Waals surface area contributed by atoms with E-state index >= 15 is 0 Å². The Morgan fingerprint density at radius 1 is 1.18 bits per heavy atom. The molecule has 2 saturated heterocycles. The van der Waals surface area contributed by atoms with E-state index in [1.54, 1.807) is 18.4 Å². The highest BCUT2D eigenvalue weighted by molar-refractivity contribution is 5.71. The molecule has 2 aromatic heterocycles. The van der Waals surface area contributed by atoms with Crippen molar-refractivity contribution in [2.24, 2.45) is 5.41 Å². The van der Waals surface area contributed by atoms with Gasteiger partial charge in [-0.15, -0.1) is 0 Å². The zero-order chi connectivity index (χ0) is 28.3. The number of fused-ring (bicyclic) bond motifs is 1. The zero-order valence-corrected chi connectivity index (χ0v) is 21.3. The first kappa shape index (κ1) is 30.3. The maximum atomic E-state index is 11.7. The lowest BCUT2D eigenvalue weighted by atomic mass is 9.86. The number of nitriles is 1. The Labute approximate surface area is 219 Å². The number of nitrogen functional groups attached to an aromatic ring is 1. The van der Waals surface area contributed by atoms with Gasteiger partial charge in [0.15, 0.2) is 5.82 Å². The summed E-state index contributed by atoms with van der Waals surface area (Å²) in [5, 5.41) is 27.5. The SMILES string of the molecule is C#N.CC(C)(CC(=O)O)CC(=O)O.Nc1ncnn2c(C3CCC(COC(=O)OC4CCOC4)O3)ccc12. The number of nitrogens with two attached hydrogens (primary N) is 1. The second kappa shape index (κ2) is 14.1. The molecular formula is C24H33N5O9. The van der Waals surface area contributed by atoms with Crippen molar-refractivity contribution in [3.8, 4) is 6.57 Å². The number of aliphatic carboxylic acids is 2. The number of nitrogens with zero attached hydrogens (tertiary/aromatic N) is 4. The van der Waals surface area contributed by atoms with Crippen molar-refractivity contribution >= 4 is 29.4 Å². The molecule has 0 saturated carbocycles. The molecule has 3 atom stereocenters. The van der Waals surface area contributed by atoms with Gasteiger partial charge in [-0.05, 0) is 30.4 Å². The van der Waals surface area contributed by atoms with E-state index in [1.165, 1.54) is 6.33 Å². The standard InChI is InChI=1S/C16H20N4O5.C7H12O4.CHN/c17-15-13-3-2-12(20(13)19-9-18-15)14-4-1-10(24-14)8-23-16(21)25-11-5-6-22-7-11;1-7(2,3-5(8)9)4-6(10)11;1-2/h2-3,9-11,14H,1,4-8H2,(H2,17,18,19);3-4H2,1-2H3,(H,8,9)(H,10,11);1H. The van der Waals surface area contributed by atoms with Crippen LogP contribution in [0.2, 0.25) is 0 Å². The number of ether oxygens (including phenoxy) is 4. The van der Waals surface area contributed by atoms with Crippen LogP contribution >= 0.6 is 0 Å². The van der Waals surface area contributed by atoms with E-state index in [1.807, 2.05) is 12.1 Å². The van der Waals surface area contributed by atoms with Crippen LogP contribution in [-0.2, 0) is 28.5 Å². The van der Waals surface area contributed by atoms with Crippen LogP contribution in [0.1, 0.15) is 57.7 Å². The summed E-state index contributed by atoms with van der Waals surface area (Å²) in [6, 6.07) is 3.81. The fraction of sp³-hybridized carbons (Fsp3) is 0.583. The molecule has 0 aliphatic carbocycles. The molecule has 2 aliphatic rings. The maximum absolute atomic E-state index is 11.7. The summed E-state index contributed by atoms with van der Waals surface area (Å²) in [5.74, 6) is -1.50. The number of hydrogen-bond acceptors (Lipinski definition) is 11. The van der Waals surface area contributed by atoms with E-state index in [9.17, 15) is 14.4 Å².